The number of aliphatic hydroxyl groups is 1. The molecular weight excluding hydrogens is 482 g/mol. The van der Waals surface area contributed by atoms with E-state index in [0.29, 0.717) is 34.7 Å². The molecule has 3 aromatic carbocycles. The number of ether oxygens (including phenoxy) is 2. The Balaban J connectivity index is 1.70. The van der Waals surface area contributed by atoms with Crippen molar-refractivity contribution < 1.29 is 24.2 Å². The minimum absolute atomic E-state index is 0.0382. The van der Waals surface area contributed by atoms with E-state index in [1.807, 2.05) is 32.9 Å². The SMILES string of the molecule is CCCOc1cccc(/C(O)=C2\C(=O)C(=O)N(c3nc4cc(C)c(C)cc4[nH]3)C2c2cccc(OC)c2)c1. The van der Waals surface area contributed by atoms with Crippen molar-refractivity contribution in [1.82, 2.24) is 9.97 Å². The molecule has 0 aliphatic carbocycles. The van der Waals surface area contributed by atoms with Crippen molar-refractivity contribution in [2.24, 2.45) is 0 Å². The van der Waals surface area contributed by atoms with Gasteiger partial charge in [-0.1, -0.05) is 31.2 Å². The number of imidazole rings is 1. The van der Waals surface area contributed by atoms with Crippen LogP contribution in [-0.4, -0.2) is 40.5 Å². The maximum Gasteiger partial charge on any atom is 0.302 e. The van der Waals surface area contributed by atoms with Crippen LogP contribution in [0.4, 0.5) is 5.95 Å². The van der Waals surface area contributed by atoms with Crippen LogP contribution in [0.1, 0.15) is 41.6 Å². The minimum atomic E-state index is -0.937. The number of amides is 1. The summed E-state index contributed by atoms with van der Waals surface area (Å²) in [5.41, 5.74) is 4.49. The Bertz CT molecular complexity index is 1550. The number of ketones is 1. The van der Waals surface area contributed by atoms with Gasteiger partial charge in [0.25, 0.3) is 5.78 Å². The Hall–Kier alpha value is -4.59. The fourth-order valence-corrected chi connectivity index (χ4v) is 4.66. The normalized spacial score (nSPS) is 16.8. The van der Waals surface area contributed by atoms with Gasteiger partial charge >= 0.3 is 5.91 Å². The molecule has 1 unspecified atom stereocenters. The van der Waals surface area contributed by atoms with Crippen molar-refractivity contribution in [2.45, 2.75) is 33.2 Å². The molecule has 0 spiro atoms. The quantitative estimate of drug-likeness (QED) is 0.190. The van der Waals surface area contributed by atoms with Gasteiger partial charge in [-0.2, -0.15) is 0 Å². The van der Waals surface area contributed by atoms with Crippen LogP contribution in [0.15, 0.2) is 66.2 Å². The first kappa shape index (κ1) is 25.1. The van der Waals surface area contributed by atoms with Crippen LogP contribution < -0.4 is 14.4 Å². The van der Waals surface area contributed by atoms with Crippen LogP contribution in [0.3, 0.4) is 0 Å². The molecule has 2 heterocycles. The summed E-state index contributed by atoms with van der Waals surface area (Å²) in [6, 6.07) is 16.9. The van der Waals surface area contributed by atoms with Gasteiger partial charge in [0.2, 0.25) is 5.95 Å². The van der Waals surface area contributed by atoms with Crippen LogP contribution in [0.25, 0.3) is 16.8 Å². The van der Waals surface area contributed by atoms with Gasteiger partial charge in [-0.15, -0.1) is 0 Å². The third kappa shape index (κ3) is 4.38. The molecule has 1 fully saturated rings. The summed E-state index contributed by atoms with van der Waals surface area (Å²) in [6.07, 6.45) is 0.827. The Kier molecular flexibility index (Phi) is 6.63. The van der Waals surface area contributed by atoms with Crippen LogP contribution >= 0.6 is 0 Å². The van der Waals surface area contributed by atoms with Crippen LogP contribution in [0.2, 0.25) is 0 Å². The van der Waals surface area contributed by atoms with E-state index in [0.717, 1.165) is 23.1 Å². The number of aryl methyl sites for hydroxylation is 2. The number of H-pyrrole nitrogens is 1. The average molecular weight is 512 g/mol. The topological polar surface area (TPSA) is 105 Å². The summed E-state index contributed by atoms with van der Waals surface area (Å²) in [6.45, 7) is 6.50. The number of Topliss-reactive ketones (excluding diaryl/α,β-unsaturated/α-hetero) is 1. The highest BCUT2D eigenvalue weighted by Crippen LogP contribution is 2.42. The molecule has 1 aromatic heterocycles. The molecule has 0 saturated carbocycles. The predicted molar refractivity (Wildman–Crippen MR) is 146 cm³/mol. The smallest absolute Gasteiger partial charge is 0.302 e. The highest BCUT2D eigenvalue weighted by atomic mass is 16.5. The number of aromatic nitrogens is 2. The molecule has 1 atom stereocenters. The lowest BCUT2D eigenvalue weighted by Crippen LogP contribution is -2.30. The number of carbonyl (C=O) groups is 2. The molecule has 194 valence electrons. The second-order valence-corrected chi connectivity index (χ2v) is 9.34. The zero-order valence-corrected chi connectivity index (χ0v) is 21.7. The first-order valence-electron chi connectivity index (χ1n) is 12.5. The molecule has 2 N–H and O–H groups in total. The molecule has 1 aliphatic heterocycles. The molecular formula is C30H29N3O5. The van der Waals surface area contributed by atoms with E-state index in [1.165, 1.54) is 4.90 Å². The highest BCUT2D eigenvalue weighted by molar-refractivity contribution is 6.51. The lowest BCUT2D eigenvalue weighted by atomic mass is 9.95. The standard InChI is InChI=1S/C30H29N3O5/c1-5-12-38-22-11-7-9-20(16-22)27(34)25-26(19-8-6-10-21(15-19)37-4)33(29(36)28(25)35)30-31-23-13-17(2)18(3)14-24(23)32-30/h6-11,13-16,26,34H,5,12H2,1-4H3,(H,31,32)/b27-25+. The maximum atomic E-state index is 13.5. The third-order valence-electron chi connectivity index (χ3n) is 6.75. The summed E-state index contributed by atoms with van der Waals surface area (Å²) < 4.78 is 11.1. The number of anilines is 1. The fraction of sp³-hybridized carbons (Fsp3) is 0.233. The van der Waals surface area contributed by atoms with Crippen LogP contribution in [0, 0.1) is 13.8 Å². The number of nitrogens with zero attached hydrogens (tertiary/aromatic N) is 2. The number of carbonyl (C=O) groups excluding carboxylic acids is 2. The van der Waals surface area contributed by atoms with Gasteiger partial charge in [0.1, 0.15) is 17.3 Å². The zero-order chi connectivity index (χ0) is 27.0. The largest absolute Gasteiger partial charge is 0.507 e. The Morgan fingerprint density at radius 3 is 2.53 bits per heavy atom. The van der Waals surface area contributed by atoms with Crippen molar-refractivity contribution in [3.8, 4) is 11.5 Å². The number of methoxy groups -OCH3 is 1. The van der Waals surface area contributed by atoms with E-state index in [2.05, 4.69) is 9.97 Å². The van der Waals surface area contributed by atoms with Gasteiger partial charge in [0.15, 0.2) is 0 Å². The van der Waals surface area contributed by atoms with Gasteiger partial charge in [0, 0.05) is 5.56 Å². The number of aromatic amines is 1. The second-order valence-electron chi connectivity index (χ2n) is 9.34. The van der Waals surface area contributed by atoms with Crippen molar-refractivity contribution in [1.29, 1.82) is 0 Å². The number of fused-ring (bicyclic) bond motifs is 1. The molecule has 0 radical (unpaired) electrons. The van der Waals surface area contributed by atoms with Crippen molar-refractivity contribution >= 4 is 34.4 Å². The minimum Gasteiger partial charge on any atom is -0.507 e. The van der Waals surface area contributed by atoms with Gasteiger partial charge in [0.05, 0.1) is 36.4 Å². The lowest BCUT2D eigenvalue weighted by Gasteiger charge is -2.23. The van der Waals surface area contributed by atoms with Crippen molar-refractivity contribution in [2.75, 3.05) is 18.6 Å². The van der Waals surface area contributed by atoms with E-state index in [4.69, 9.17) is 9.47 Å². The van der Waals surface area contributed by atoms with Crippen molar-refractivity contribution in [3.05, 3.63) is 88.5 Å². The summed E-state index contributed by atoms with van der Waals surface area (Å²) in [5, 5.41) is 11.5. The number of aliphatic hydroxyl groups excluding tert-OH is 1. The fourth-order valence-electron chi connectivity index (χ4n) is 4.66. The monoisotopic (exact) mass is 511 g/mol. The average Bonchev–Trinajstić information content (AvgIpc) is 3.44. The number of rotatable bonds is 7. The molecule has 8 nitrogen and oxygen atoms in total. The van der Waals surface area contributed by atoms with Crippen LogP contribution in [0.5, 0.6) is 11.5 Å². The number of nitrogens with one attached hydrogen (secondary N) is 1. The highest BCUT2D eigenvalue weighted by Gasteiger charge is 2.48. The number of hydrogen-bond acceptors (Lipinski definition) is 6. The van der Waals surface area contributed by atoms with E-state index >= 15 is 0 Å². The van der Waals surface area contributed by atoms with Gasteiger partial charge in [-0.3, -0.25) is 14.5 Å². The Labute approximate surface area is 220 Å². The van der Waals surface area contributed by atoms with E-state index in [1.54, 1.807) is 55.6 Å². The molecule has 8 heteroatoms. The summed E-state index contributed by atoms with van der Waals surface area (Å²) in [4.78, 5) is 36.2. The van der Waals surface area contributed by atoms with E-state index in [9.17, 15) is 14.7 Å². The van der Waals surface area contributed by atoms with E-state index < -0.39 is 17.7 Å². The summed E-state index contributed by atoms with van der Waals surface area (Å²) >= 11 is 0. The molecule has 5 rings (SSSR count). The zero-order valence-electron chi connectivity index (χ0n) is 21.7. The predicted octanol–water partition coefficient (Wildman–Crippen LogP) is 5.60. The first-order chi connectivity index (χ1) is 18.3. The molecule has 1 amide bonds. The summed E-state index contributed by atoms with van der Waals surface area (Å²) in [5.74, 6) is -0.541. The van der Waals surface area contributed by atoms with E-state index in [-0.39, 0.29) is 17.3 Å². The second kappa shape index (κ2) is 10.0. The van der Waals surface area contributed by atoms with Gasteiger partial charge < -0.3 is 19.6 Å². The Morgan fingerprint density at radius 1 is 1.03 bits per heavy atom. The van der Waals surface area contributed by atoms with Gasteiger partial charge in [-0.25, -0.2) is 4.98 Å². The molecule has 38 heavy (non-hydrogen) atoms. The third-order valence-corrected chi connectivity index (χ3v) is 6.75. The summed E-state index contributed by atoms with van der Waals surface area (Å²) in [7, 11) is 1.54. The molecule has 1 aliphatic rings. The lowest BCUT2D eigenvalue weighted by molar-refractivity contribution is -0.132. The molecule has 4 aromatic rings. The first-order valence-corrected chi connectivity index (χ1v) is 12.5. The number of benzene rings is 3. The molecule has 0 bridgehead atoms. The van der Waals surface area contributed by atoms with Gasteiger partial charge in [-0.05, 0) is 73.4 Å². The Morgan fingerprint density at radius 2 is 1.76 bits per heavy atom. The maximum absolute atomic E-state index is 13.5. The number of hydrogen-bond donors (Lipinski definition) is 2. The van der Waals surface area contributed by atoms with Crippen molar-refractivity contribution in [3.63, 3.8) is 0 Å². The molecule has 1 saturated heterocycles. The van der Waals surface area contributed by atoms with Crippen LogP contribution in [-0.2, 0) is 9.59 Å².